The summed E-state index contributed by atoms with van der Waals surface area (Å²) in [5, 5.41) is 0. The molecule has 5 nitrogen and oxygen atoms in total. The van der Waals surface area contributed by atoms with Crippen LogP contribution in [0, 0.1) is 11.7 Å². The van der Waals surface area contributed by atoms with Gasteiger partial charge in [0.2, 0.25) is 0 Å². The zero-order valence-electron chi connectivity index (χ0n) is 15.2. The molecule has 1 aliphatic heterocycles. The standard InChI is InChI=1S/C18H29FN4O.HI/c1-15(2)14-24-13-3-8-21-18(20)23-11-9-22(10-12-23)17-6-4-16(19)5-7-17;/h4-7,15H,3,8-14H2,1-2H3,(H2,20,21);1H. The summed E-state index contributed by atoms with van der Waals surface area (Å²) in [4.78, 5) is 8.79. The number of aliphatic imine (C=N–C) groups is 1. The van der Waals surface area contributed by atoms with Crippen LogP contribution in [-0.2, 0) is 4.74 Å². The monoisotopic (exact) mass is 464 g/mol. The molecule has 1 aromatic carbocycles. The fourth-order valence-electron chi connectivity index (χ4n) is 2.62. The number of piperazine rings is 1. The summed E-state index contributed by atoms with van der Waals surface area (Å²) in [5.74, 6) is 0.972. The lowest BCUT2D eigenvalue weighted by Crippen LogP contribution is -2.51. The summed E-state index contributed by atoms with van der Waals surface area (Å²) < 4.78 is 18.5. The Bertz CT molecular complexity index is 516. The van der Waals surface area contributed by atoms with Crippen molar-refractivity contribution in [2.45, 2.75) is 20.3 Å². The average molecular weight is 464 g/mol. The Balaban J connectivity index is 0.00000312. The number of halogens is 2. The summed E-state index contributed by atoms with van der Waals surface area (Å²) in [7, 11) is 0. The number of guanidine groups is 1. The van der Waals surface area contributed by atoms with Crippen LogP contribution in [0.1, 0.15) is 20.3 Å². The third-order valence-corrected chi connectivity index (χ3v) is 3.97. The van der Waals surface area contributed by atoms with Gasteiger partial charge in [0, 0.05) is 51.6 Å². The minimum Gasteiger partial charge on any atom is -0.381 e. The Morgan fingerprint density at radius 2 is 1.84 bits per heavy atom. The molecule has 25 heavy (non-hydrogen) atoms. The molecule has 0 radical (unpaired) electrons. The van der Waals surface area contributed by atoms with Crippen LogP contribution in [0.15, 0.2) is 29.3 Å². The topological polar surface area (TPSA) is 54.1 Å². The lowest BCUT2D eigenvalue weighted by Gasteiger charge is -2.36. The van der Waals surface area contributed by atoms with Crippen molar-refractivity contribution in [1.82, 2.24) is 4.90 Å². The number of nitrogens with two attached hydrogens (primary N) is 1. The molecule has 1 saturated heterocycles. The highest BCUT2D eigenvalue weighted by atomic mass is 127. The van der Waals surface area contributed by atoms with Gasteiger partial charge in [0.15, 0.2) is 5.96 Å². The van der Waals surface area contributed by atoms with Crippen LogP contribution in [0.5, 0.6) is 0 Å². The number of hydrogen-bond acceptors (Lipinski definition) is 3. The number of hydrogen-bond donors (Lipinski definition) is 1. The molecule has 2 N–H and O–H groups in total. The van der Waals surface area contributed by atoms with Gasteiger partial charge in [-0.15, -0.1) is 24.0 Å². The molecule has 142 valence electrons. The normalized spacial score (nSPS) is 15.4. The minimum atomic E-state index is -0.203. The Hall–Kier alpha value is -1.09. The first-order valence-electron chi connectivity index (χ1n) is 8.69. The van der Waals surface area contributed by atoms with E-state index in [9.17, 15) is 4.39 Å². The Morgan fingerprint density at radius 3 is 2.44 bits per heavy atom. The van der Waals surface area contributed by atoms with Gasteiger partial charge >= 0.3 is 0 Å². The Labute approximate surface area is 167 Å². The molecule has 2 rings (SSSR count). The zero-order chi connectivity index (χ0) is 17.4. The van der Waals surface area contributed by atoms with Gasteiger partial charge in [0.1, 0.15) is 5.82 Å². The lowest BCUT2D eigenvalue weighted by atomic mass is 10.2. The quantitative estimate of drug-likeness (QED) is 0.292. The number of nitrogens with zero attached hydrogens (tertiary/aromatic N) is 3. The van der Waals surface area contributed by atoms with Gasteiger partial charge in [-0.05, 0) is 36.6 Å². The van der Waals surface area contributed by atoms with Crippen molar-refractivity contribution >= 4 is 35.6 Å². The van der Waals surface area contributed by atoms with Crippen molar-refractivity contribution in [2.75, 3.05) is 50.8 Å². The SMILES string of the molecule is CC(C)COCCCN=C(N)N1CCN(c2ccc(F)cc2)CC1.I. The van der Waals surface area contributed by atoms with E-state index in [4.69, 9.17) is 10.5 Å². The maximum Gasteiger partial charge on any atom is 0.191 e. The van der Waals surface area contributed by atoms with Gasteiger partial charge in [0.05, 0.1) is 0 Å². The van der Waals surface area contributed by atoms with E-state index in [0.29, 0.717) is 18.4 Å². The third-order valence-electron chi connectivity index (χ3n) is 3.97. The molecule has 0 unspecified atom stereocenters. The summed E-state index contributed by atoms with van der Waals surface area (Å²) in [6.07, 6.45) is 0.892. The minimum absolute atomic E-state index is 0. The molecule has 1 fully saturated rings. The molecule has 0 aliphatic carbocycles. The van der Waals surface area contributed by atoms with Crippen molar-refractivity contribution < 1.29 is 9.13 Å². The van der Waals surface area contributed by atoms with E-state index in [1.807, 2.05) is 12.1 Å². The van der Waals surface area contributed by atoms with Gasteiger partial charge < -0.3 is 20.3 Å². The highest BCUT2D eigenvalue weighted by molar-refractivity contribution is 14.0. The van der Waals surface area contributed by atoms with Crippen molar-refractivity contribution in [3.8, 4) is 0 Å². The van der Waals surface area contributed by atoms with Crippen LogP contribution in [-0.4, -0.2) is 56.8 Å². The van der Waals surface area contributed by atoms with Crippen molar-refractivity contribution in [1.29, 1.82) is 0 Å². The third kappa shape index (κ3) is 7.77. The molecule has 7 heteroatoms. The van der Waals surface area contributed by atoms with Crippen LogP contribution in [0.3, 0.4) is 0 Å². The second kappa shape index (κ2) is 11.5. The first-order chi connectivity index (χ1) is 11.6. The van der Waals surface area contributed by atoms with Crippen molar-refractivity contribution in [3.05, 3.63) is 30.1 Å². The maximum absolute atomic E-state index is 13.0. The van der Waals surface area contributed by atoms with Crippen LogP contribution in [0.4, 0.5) is 10.1 Å². The molecular formula is C18H30FIN4O. The number of anilines is 1. The molecule has 1 aromatic rings. The highest BCUT2D eigenvalue weighted by Crippen LogP contribution is 2.16. The number of ether oxygens (including phenoxy) is 1. The van der Waals surface area contributed by atoms with E-state index in [2.05, 4.69) is 28.6 Å². The summed E-state index contributed by atoms with van der Waals surface area (Å²) >= 11 is 0. The molecule has 0 amide bonds. The number of benzene rings is 1. The summed E-state index contributed by atoms with van der Waals surface area (Å²) in [5.41, 5.74) is 7.13. The van der Waals surface area contributed by atoms with E-state index < -0.39 is 0 Å². The summed E-state index contributed by atoms with van der Waals surface area (Å²) in [6.45, 7) is 9.88. The van der Waals surface area contributed by atoms with Gasteiger partial charge in [-0.1, -0.05) is 13.8 Å². The fraction of sp³-hybridized carbons (Fsp3) is 0.611. The maximum atomic E-state index is 13.0. The molecule has 0 saturated carbocycles. The van der Waals surface area contributed by atoms with Gasteiger partial charge in [0.25, 0.3) is 0 Å². The Kier molecular flexibility index (Phi) is 10.1. The molecule has 0 spiro atoms. The Morgan fingerprint density at radius 1 is 1.20 bits per heavy atom. The second-order valence-electron chi connectivity index (χ2n) is 6.51. The molecular weight excluding hydrogens is 434 g/mol. The van der Waals surface area contributed by atoms with E-state index in [-0.39, 0.29) is 29.8 Å². The summed E-state index contributed by atoms with van der Waals surface area (Å²) in [6, 6.07) is 6.64. The molecule has 1 heterocycles. The van der Waals surface area contributed by atoms with E-state index in [1.54, 1.807) is 0 Å². The molecule has 0 bridgehead atoms. The van der Waals surface area contributed by atoms with Crippen LogP contribution < -0.4 is 10.6 Å². The van der Waals surface area contributed by atoms with Crippen LogP contribution in [0.25, 0.3) is 0 Å². The fourth-order valence-corrected chi connectivity index (χ4v) is 2.62. The number of rotatable bonds is 7. The lowest BCUT2D eigenvalue weighted by molar-refractivity contribution is 0.109. The van der Waals surface area contributed by atoms with Crippen LogP contribution in [0.2, 0.25) is 0 Å². The predicted molar refractivity (Wildman–Crippen MR) is 112 cm³/mol. The van der Waals surface area contributed by atoms with Crippen LogP contribution >= 0.6 is 24.0 Å². The average Bonchev–Trinajstić information content (AvgIpc) is 2.58. The first-order valence-corrected chi connectivity index (χ1v) is 8.69. The molecule has 0 atom stereocenters. The first kappa shape index (κ1) is 22.0. The van der Waals surface area contributed by atoms with Gasteiger partial charge in [-0.2, -0.15) is 0 Å². The van der Waals surface area contributed by atoms with E-state index in [0.717, 1.165) is 51.5 Å². The van der Waals surface area contributed by atoms with E-state index >= 15 is 0 Å². The molecule has 1 aliphatic rings. The second-order valence-corrected chi connectivity index (χ2v) is 6.51. The highest BCUT2D eigenvalue weighted by Gasteiger charge is 2.18. The van der Waals surface area contributed by atoms with Crippen molar-refractivity contribution in [2.24, 2.45) is 16.6 Å². The largest absolute Gasteiger partial charge is 0.381 e. The molecule has 0 aromatic heterocycles. The van der Waals surface area contributed by atoms with Crippen molar-refractivity contribution in [3.63, 3.8) is 0 Å². The van der Waals surface area contributed by atoms with E-state index in [1.165, 1.54) is 12.1 Å². The van der Waals surface area contributed by atoms with Gasteiger partial charge in [-0.25, -0.2) is 4.39 Å². The predicted octanol–water partition coefficient (Wildman–Crippen LogP) is 2.94. The smallest absolute Gasteiger partial charge is 0.191 e. The zero-order valence-corrected chi connectivity index (χ0v) is 17.5. The van der Waals surface area contributed by atoms with Gasteiger partial charge in [-0.3, -0.25) is 4.99 Å².